The van der Waals surface area contributed by atoms with Crippen molar-refractivity contribution in [3.63, 3.8) is 0 Å². The van der Waals surface area contributed by atoms with Gasteiger partial charge in [-0.2, -0.15) is 0 Å². The number of carboxylic acids is 4. The van der Waals surface area contributed by atoms with E-state index >= 15 is 0 Å². The van der Waals surface area contributed by atoms with Crippen molar-refractivity contribution in [3.05, 3.63) is 83.9 Å². The van der Waals surface area contributed by atoms with Crippen molar-refractivity contribution in [1.82, 2.24) is 9.80 Å². The Morgan fingerprint density at radius 1 is 0.577 bits per heavy atom. The zero-order valence-electron chi connectivity index (χ0n) is 28.6. The largest absolute Gasteiger partial charge is 0.492 e. The number of hydrogen-bond acceptors (Lipinski definition) is 10. The highest BCUT2D eigenvalue weighted by molar-refractivity contribution is 7.22. The van der Waals surface area contributed by atoms with Crippen LogP contribution in [0.3, 0.4) is 0 Å². The van der Waals surface area contributed by atoms with Gasteiger partial charge in [0.2, 0.25) is 0 Å². The standard InChI is InChI=1S/C34H38N2O3S.2C2H2O4/c37-33(26-10-14-28(15-11-26)38-24-22-35-18-4-1-5-19-35)32-30-8-2-3-9-31(30)40-34(32)27-12-16-29(17-13-27)39-25-23-36-20-6-7-21-36;2*3-1(4)2(5)6/h2-3,8-17H,1,4-7,18-25H2;2*(H,3,4)(H,5,6). The maximum Gasteiger partial charge on any atom is 0.414 e. The van der Waals surface area contributed by atoms with Gasteiger partial charge in [-0.05, 0) is 112 Å². The summed E-state index contributed by atoms with van der Waals surface area (Å²) in [5.41, 5.74) is 2.48. The highest BCUT2D eigenvalue weighted by Crippen LogP contribution is 2.40. The first kappa shape index (κ1) is 39.5. The van der Waals surface area contributed by atoms with Gasteiger partial charge in [0, 0.05) is 39.2 Å². The van der Waals surface area contributed by atoms with Crippen molar-refractivity contribution in [2.24, 2.45) is 0 Å². The van der Waals surface area contributed by atoms with Crippen LogP contribution < -0.4 is 9.47 Å². The fraction of sp³-hybridized carbons (Fsp3) is 0.342. The van der Waals surface area contributed by atoms with Gasteiger partial charge in [0.25, 0.3) is 0 Å². The summed E-state index contributed by atoms with van der Waals surface area (Å²) >= 11 is 1.67. The maximum atomic E-state index is 13.9. The minimum atomic E-state index is -1.82. The monoisotopic (exact) mass is 734 g/mol. The van der Waals surface area contributed by atoms with Crippen LogP contribution in [-0.2, 0) is 19.2 Å². The number of likely N-dealkylation sites (tertiary alicyclic amines) is 2. The van der Waals surface area contributed by atoms with E-state index in [0.29, 0.717) is 18.8 Å². The van der Waals surface area contributed by atoms with Crippen LogP contribution in [0.2, 0.25) is 0 Å². The van der Waals surface area contributed by atoms with E-state index in [1.54, 1.807) is 11.3 Å². The lowest BCUT2D eigenvalue weighted by atomic mass is 9.97. The Balaban J connectivity index is 0.000000436. The summed E-state index contributed by atoms with van der Waals surface area (Å²) in [6.07, 6.45) is 6.50. The summed E-state index contributed by atoms with van der Waals surface area (Å²) in [6.45, 7) is 7.99. The van der Waals surface area contributed by atoms with Crippen molar-refractivity contribution in [2.75, 3.05) is 52.5 Å². The molecule has 3 aromatic carbocycles. The maximum absolute atomic E-state index is 13.9. The molecule has 0 atom stereocenters. The average molecular weight is 735 g/mol. The van der Waals surface area contributed by atoms with Crippen LogP contribution in [0.4, 0.5) is 0 Å². The molecule has 0 amide bonds. The van der Waals surface area contributed by atoms with Gasteiger partial charge in [-0.3, -0.25) is 14.6 Å². The number of ketones is 1. The van der Waals surface area contributed by atoms with E-state index in [9.17, 15) is 4.79 Å². The molecule has 2 aliphatic rings. The molecular formula is C38H42N2O11S. The first-order valence-corrected chi connectivity index (χ1v) is 17.7. The highest BCUT2D eigenvalue weighted by atomic mass is 32.1. The number of carboxylic acid groups (broad SMARTS) is 4. The number of aliphatic carboxylic acids is 4. The topological polar surface area (TPSA) is 191 Å². The first-order chi connectivity index (χ1) is 25.0. The molecule has 13 nitrogen and oxygen atoms in total. The summed E-state index contributed by atoms with van der Waals surface area (Å²) in [6, 6.07) is 24.0. The molecule has 0 aliphatic carbocycles. The van der Waals surface area contributed by atoms with E-state index in [2.05, 4.69) is 34.1 Å². The Labute approximate surface area is 304 Å². The number of ether oxygens (including phenoxy) is 2. The molecule has 0 saturated carbocycles. The predicted molar refractivity (Wildman–Crippen MR) is 195 cm³/mol. The quantitative estimate of drug-likeness (QED) is 0.113. The molecule has 4 N–H and O–H groups in total. The molecule has 2 fully saturated rings. The summed E-state index contributed by atoms with van der Waals surface area (Å²) in [4.78, 5) is 56.2. The van der Waals surface area contributed by atoms with Gasteiger partial charge in [0.15, 0.2) is 5.78 Å². The van der Waals surface area contributed by atoms with Gasteiger partial charge in [0.05, 0.1) is 0 Å². The minimum absolute atomic E-state index is 0.0401. The molecule has 0 bridgehead atoms. The molecule has 0 radical (unpaired) electrons. The molecule has 4 aromatic rings. The van der Waals surface area contributed by atoms with Crippen molar-refractivity contribution >= 4 is 51.1 Å². The number of rotatable bonds is 11. The number of benzene rings is 3. The number of nitrogens with zero attached hydrogens (tertiary/aromatic N) is 2. The third kappa shape index (κ3) is 11.9. The van der Waals surface area contributed by atoms with Crippen LogP contribution in [0.1, 0.15) is 48.0 Å². The second-order valence-electron chi connectivity index (χ2n) is 12.0. The molecule has 2 aliphatic heterocycles. The number of thiophene rings is 1. The van der Waals surface area contributed by atoms with E-state index in [4.69, 9.17) is 49.1 Å². The van der Waals surface area contributed by atoms with Gasteiger partial charge in [0.1, 0.15) is 24.7 Å². The van der Waals surface area contributed by atoms with Crippen LogP contribution in [0, 0.1) is 0 Å². The Morgan fingerprint density at radius 2 is 1.02 bits per heavy atom. The van der Waals surface area contributed by atoms with E-state index in [1.165, 1.54) is 58.3 Å². The molecule has 276 valence electrons. The van der Waals surface area contributed by atoms with Crippen LogP contribution in [0.15, 0.2) is 72.8 Å². The Hall–Kier alpha value is -5.31. The zero-order valence-corrected chi connectivity index (χ0v) is 29.4. The van der Waals surface area contributed by atoms with Crippen molar-refractivity contribution in [3.8, 4) is 21.9 Å². The van der Waals surface area contributed by atoms with Crippen LogP contribution in [-0.4, -0.2) is 112 Å². The van der Waals surface area contributed by atoms with Crippen LogP contribution >= 0.6 is 11.3 Å². The fourth-order valence-corrected chi connectivity index (χ4v) is 7.00. The molecule has 14 heteroatoms. The molecule has 0 unspecified atom stereocenters. The third-order valence-electron chi connectivity index (χ3n) is 8.42. The second-order valence-corrected chi connectivity index (χ2v) is 13.1. The van der Waals surface area contributed by atoms with E-state index in [1.807, 2.05) is 48.5 Å². The summed E-state index contributed by atoms with van der Waals surface area (Å²) in [7, 11) is 0. The van der Waals surface area contributed by atoms with Crippen molar-refractivity contribution in [1.29, 1.82) is 0 Å². The van der Waals surface area contributed by atoms with Crippen molar-refractivity contribution < 1.29 is 53.9 Å². The fourth-order valence-electron chi connectivity index (χ4n) is 5.80. The van der Waals surface area contributed by atoms with Gasteiger partial charge >= 0.3 is 23.9 Å². The molecule has 52 heavy (non-hydrogen) atoms. The lowest BCUT2D eigenvalue weighted by Crippen LogP contribution is -2.33. The van der Waals surface area contributed by atoms with Gasteiger partial charge < -0.3 is 29.9 Å². The number of hydrogen-bond donors (Lipinski definition) is 4. The predicted octanol–water partition coefficient (Wildman–Crippen LogP) is 5.45. The summed E-state index contributed by atoms with van der Waals surface area (Å²) in [5, 5.41) is 30.6. The molecule has 2 saturated heterocycles. The summed E-state index contributed by atoms with van der Waals surface area (Å²) < 4.78 is 13.1. The SMILES string of the molecule is O=C(O)C(=O)O.O=C(O)C(=O)O.O=C(c1ccc(OCCN2CCCCC2)cc1)c1c(-c2ccc(OCCN3CCCC3)cc2)sc2ccccc12. The number of piperidine rings is 1. The van der Waals surface area contributed by atoms with Gasteiger partial charge in [-0.15, -0.1) is 11.3 Å². The van der Waals surface area contributed by atoms with Crippen molar-refractivity contribution in [2.45, 2.75) is 32.1 Å². The molecule has 1 aromatic heterocycles. The molecule has 3 heterocycles. The zero-order chi connectivity index (χ0) is 37.5. The van der Waals surface area contributed by atoms with E-state index in [0.717, 1.165) is 50.7 Å². The normalized spacial score (nSPS) is 14.3. The Morgan fingerprint density at radius 3 is 1.50 bits per heavy atom. The number of carbonyl (C=O) groups excluding carboxylic acids is 1. The van der Waals surface area contributed by atoms with Crippen LogP contribution in [0.25, 0.3) is 20.5 Å². The minimum Gasteiger partial charge on any atom is -0.492 e. The highest BCUT2D eigenvalue weighted by Gasteiger charge is 2.22. The number of fused-ring (bicyclic) bond motifs is 1. The molecular weight excluding hydrogens is 692 g/mol. The van der Waals surface area contributed by atoms with E-state index in [-0.39, 0.29) is 5.78 Å². The Kier molecular flexibility index (Phi) is 15.1. The Bertz CT molecular complexity index is 1760. The number of carbonyl (C=O) groups is 5. The lowest BCUT2D eigenvalue weighted by molar-refractivity contribution is -0.159. The molecule has 6 rings (SSSR count). The first-order valence-electron chi connectivity index (χ1n) is 16.9. The lowest BCUT2D eigenvalue weighted by Gasteiger charge is -2.26. The van der Waals surface area contributed by atoms with Gasteiger partial charge in [-0.1, -0.05) is 24.6 Å². The third-order valence-corrected chi connectivity index (χ3v) is 9.64. The summed E-state index contributed by atoms with van der Waals surface area (Å²) in [5.74, 6) is -5.58. The smallest absolute Gasteiger partial charge is 0.414 e. The van der Waals surface area contributed by atoms with Gasteiger partial charge in [-0.25, -0.2) is 19.2 Å². The average Bonchev–Trinajstić information content (AvgIpc) is 3.81. The van der Waals surface area contributed by atoms with Crippen LogP contribution in [0.5, 0.6) is 11.5 Å². The van der Waals surface area contributed by atoms with E-state index < -0.39 is 23.9 Å². The second kappa shape index (κ2) is 19.9. The molecule has 0 spiro atoms.